The third-order valence-electron chi connectivity index (χ3n) is 2.25. The quantitative estimate of drug-likeness (QED) is 0.766. The standard InChI is InChI=1S/C12H14Cl2O2/c1-4-16-12(2,3)11(15)8-6-5-7-9(13)10(8)14/h5-7H,4H2,1-3H3. The molecule has 0 saturated heterocycles. The average molecular weight is 261 g/mol. The Hall–Kier alpha value is -0.570. The molecule has 0 unspecified atom stereocenters. The van der Waals surface area contributed by atoms with E-state index < -0.39 is 5.60 Å². The summed E-state index contributed by atoms with van der Waals surface area (Å²) in [5, 5.41) is 0.654. The molecule has 0 saturated carbocycles. The first-order valence-corrected chi connectivity index (χ1v) is 5.78. The lowest BCUT2D eigenvalue weighted by molar-refractivity contribution is 0.00127. The van der Waals surface area contributed by atoms with Crippen molar-refractivity contribution in [2.75, 3.05) is 6.61 Å². The highest BCUT2D eigenvalue weighted by atomic mass is 35.5. The van der Waals surface area contributed by atoms with E-state index in [1.54, 1.807) is 32.0 Å². The van der Waals surface area contributed by atoms with E-state index in [-0.39, 0.29) is 10.8 Å². The third-order valence-corrected chi connectivity index (χ3v) is 3.07. The number of ether oxygens (including phenoxy) is 1. The van der Waals surface area contributed by atoms with Crippen LogP contribution in [0.2, 0.25) is 10.0 Å². The Labute approximate surface area is 106 Å². The number of halogens is 2. The molecule has 0 heterocycles. The molecular weight excluding hydrogens is 247 g/mol. The lowest BCUT2D eigenvalue weighted by atomic mass is 9.96. The first kappa shape index (κ1) is 13.5. The fourth-order valence-electron chi connectivity index (χ4n) is 1.43. The van der Waals surface area contributed by atoms with Crippen LogP contribution in [-0.2, 0) is 4.74 Å². The summed E-state index contributed by atoms with van der Waals surface area (Å²) in [4.78, 5) is 12.2. The summed E-state index contributed by atoms with van der Waals surface area (Å²) >= 11 is 11.8. The Morgan fingerprint density at radius 3 is 2.56 bits per heavy atom. The highest BCUT2D eigenvalue weighted by molar-refractivity contribution is 6.44. The predicted octanol–water partition coefficient (Wildman–Crippen LogP) is 3.99. The Bertz CT molecular complexity index is 400. The number of carbonyl (C=O) groups is 1. The van der Waals surface area contributed by atoms with Gasteiger partial charge in [-0.25, -0.2) is 0 Å². The van der Waals surface area contributed by atoms with Gasteiger partial charge in [0.15, 0.2) is 5.78 Å². The number of hydrogen-bond acceptors (Lipinski definition) is 2. The summed E-state index contributed by atoms with van der Waals surface area (Å²) in [6.45, 7) is 5.75. The van der Waals surface area contributed by atoms with Gasteiger partial charge in [0.05, 0.1) is 10.0 Å². The van der Waals surface area contributed by atoms with Crippen molar-refractivity contribution >= 4 is 29.0 Å². The lowest BCUT2D eigenvalue weighted by Crippen LogP contribution is -2.35. The van der Waals surface area contributed by atoms with Crippen LogP contribution in [0.25, 0.3) is 0 Å². The van der Waals surface area contributed by atoms with Gasteiger partial charge in [-0.1, -0.05) is 29.3 Å². The van der Waals surface area contributed by atoms with Crippen molar-refractivity contribution in [3.05, 3.63) is 33.8 Å². The zero-order chi connectivity index (χ0) is 12.3. The Balaban J connectivity index is 3.10. The SMILES string of the molecule is CCOC(C)(C)C(=O)c1cccc(Cl)c1Cl. The molecule has 0 N–H and O–H groups in total. The second-order valence-electron chi connectivity index (χ2n) is 3.87. The van der Waals surface area contributed by atoms with Gasteiger partial charge in [-0.05, 0) is 32.9 Å². The molecule has 0 aliphatic carbocycles. The van der Waals surface area contributed by atoms with Crippen molar-refractivity contribution in [3.8, 4) is 0 Å². The van der Waals surface area contributed by atoms with Gasteiger partial charge in [-0.3, -0.25) is 4.79 Å². The van der Waals surface area contributed by atoms with Gasteiger partial charge >= 0.3 is 0 Å². The first-order valence-electron chi connectivity index (χ1n) is 5.03. The number of Topliss-reactive ketones (excluding diaryl/α,β-unsaturated/α-hetero) is 1. The molecular formula is C12H14Cl2O2. The van der Waals surface area contributed by atoms with E-state index in [1.807, 2.05) is 6.92 Å². The molecule has 88 valence electrons. The number of carbonyl (C=O) groups excluding carboxylic acids is 1. The maximum Gasteiger partial charge on any atom is 0.195 e. The van der Waals surface area contributed by atoms with Crippen molar-refractivity contribution in [2.24, 2.45) is 0 Å². The van der Waals surface area contributed by atoms with Crippen molar-refractivity contribution in [3.63, 3.8) is 0 Å². The van der Waals surface area contributed by atoms with Crippen LogP contribution in [0.1, 0.15) is 31.1 Å². The van der Waals surface area contributed by atoms with Crippen molar-refractivity contribution in [2.45, 2.75) is 26.4 Å². The topological polar surface area (TPSA) is 26.3 Å². The minimum atomic E-state index is -0.886. The van der Waals surface area contributed by atoms with E-state index in [9.17, 15) is 4.79 Å². The zero-order valence-electron chi connectivity index (χ0n) is 9.51. The largest absolute Gasteiger partial charge is 0.368 e. The molecule has 0 bridgehead atoms. The molecule has 1 rings (SSSR count). The maximum atomic E-state index is 12.2. The van der Waals surface area contributed by atoms with Crippen molar-refractivity contribution < 1.29 is 9.53 Å². The summed E-state index contributed by atoms with van der Waals surface area (Å²) < 4.78 is 5.39. The van der Waals surface area contributed by atoms with Crippen LogP contribution in [0.5, 0.6) is 0 Å². The summed E-state index contributed by atoms with van der Waals surface area (Å²) in [5.74, 6) is -0.165. The van der Waals surface area contributed by atoms with Crippen LogP contribution in [0.4, 0.5) is 0 Å². The normalized spacial score (nSPS) is 11.6. The Kier molecular flexibility index (Phi) is 4.36. The average Bonchev–Trinajstić information content (AvgIpc) is 2.21. The molecule has 1 aromatic rings. The van der Waals surface area contributed by atoms with Crippen LogP contribution in [-0.4, -0.2) is 18.0 Å². The minimum absolute atomic E-state index is 0.165. The Morgan fingerprint density at radius 2 is 2.00 bits per heavy atom. The summed E-state index contributed by atoms with van der Waals surface area (Å²) in [6, 6.07) is 5.00. The molecule has 0 fully saturated rings. The van der Waals surface area contributed by atoms with E-state index in [4.69, 9.17) is 27.9 Å². The smallest absolute Gasteiger partial charge is 0.195 e. The fraction of sp³-hybridized carbons (Fsp3) is 0.417. The van der Waals surface area contributed by atoms with Crippen LogP contribution >= 0.6 is 23.2 Å². The molecule has 1 aromatic carbocycles. The van der Waals surface area contributed by atoms with Crippen molar-refractivity contribution in [1.29, 1.82) is 0 Å². The molecule has 16 heavy (non-hydrogen) atoms. The molecule has 4 heteroatoms. The molecule has 0 amide bonds. The van der Waals surface area contributed by atoms with E-state index in [0.29, 0.717) is 17.2 Å². The summed E-state index contributed by atoms with van der Waals surface area (Å²) in [5.41, 5.74) is -0.490. The van der Waals surface area contributed by atoms with Gasteiger partial charge in [-0.15, -0.1) is 0 Å². The van der Waals surface area contributed by atoms with Gasteiger partial charge in [0.1, 0.15) is 5.60 Å². The first-order chi connectivity index (χ1) is 7.40. The van der Waals surface area contributed by atoms with Gasteiger partial charge in [0.25, 0.3) is 0 Å². The van der Waals surface area contributed by atoms with E-state index in [1.165, 1.54) is 0 Å². The molecule has 0 aliphatic heterocycles. The number of benzene rings is 1. The second kappa shape index (κ2) is 5.17. The number of ketones is 1. The van der Waals surface area contributed by atoms with Gasteiger partial charge < -0.3 is 4.74 Å². The lowest BCUT2D eigenvalue weighted by Gasteiger charge is -2.23. The number of rotatable bonds is 4. The molecule has 0 spiro atoms. The molecule has 0 radical (unpaired) electrons. The van der Waals surface area contributed by atoms with Crippen LogP contribution in [0.3, 0.4) is 0 Å². The molecule has 0 atom stereocenters. The highest BCUT2D eigenvalue weighted by Gasteiger charge is 2.30. The van der Waals surface area contributed by atoms with Crippen LogP contribution < -0.4 is 0 Å². The monoisotopic (exact) mass is 260 g/mol. The fourth-order valence-corrected chi connectivity index (χ4v) is 1.82. The van der Waals surface area contributed by atoms with Crippen LogP contribution in [0.15, 0.2) is 18.2 Å². The predicted molar refractivity (Wildman–Crippen MR) is 66.5 cm³/mol. The maximum absolute atomic E-state index is 12.2. The summed E-state index contributed by atoms with van der Waals surface area (Å²) in [7, 11) is 0. The van der Waals surface area contributed by atoms with Gasteiger partial charge in [0, 0.05) is 12.2 Å². The molecule has 0 aromatic heterocycles. The van der Waals surface area contributed by atoms with E-state index in [2.05, 4.69) is 0 Å². The third kappa shape index (κ3) is 2.76. The summed E-state index contributed by atoms with van der Waals surface area (Å²) in [6.07, 6.45) is 0. The molecule has 0 aliphatic rings. The van der Waals surface area contributed by atoms with Crippen LogP contribution in [0, 0.1) is 0 Å². The minimum Gasteiger partial charge on any atom is -0.368 e. The van der Waals surface area contributed by atoms with Gasteiger partial charge in [0.2, 0.25) is 0 Å². The van der Waals surface area contributed by atoms with E-state index >= 15 is 0 Å². The second-order valence-corrected chi connectivity index (χ2v) is 4.66. The molecule has 2 nitrogen and oxygen atoms in total. The zero-order valence-corrected chi connectivity index (χ0v) is 11.0. The highest BCUT2D eigenvalue weighted by Crippen LogP contribution is 2.29. The van der Waals surface area contributed by atoms with E-state index in [0.717, 1.165) is 0 Å². The number of hydrogen-bond donors (Lipinski definition) is 0. The Morgan fingerprint density at radius 1 is 1.38 bits per heavy atom. The van der Waals surface area contributed by atoms with Crippen molar-refractivity contribution in [1.82, 2.24) is 0 Å². The van der Waals surface area contributed by atoms with Gasteiger partial charge in [-0.2, -0.15) is 0 Å².